The topological polar surface area (TPSA) is 22.1 Å². The van der Waals surface area contributed by atoms with Gasteiger partial charge >= 0.3 is 0 Å². The molecule has 3 aromatic rings. The van der Waals surface area contributed by atoms with Gasteiger partial charge in [-0.15, -0.1) is 17.9 Å². The molecule has 1 heterocycles. The summed E-state index contributed by atoms with van der Waals surface area (Å²) >= 11 is 1.69. The molecule has 3 heteroatoms. The van der Waals surface area contributed by atoms with Crippen LogP contribution in [0.2, 0.25) is 0 Å². The van der Waals surface area contributed by atoms with E-state index < -0.39 is 0 Å². The second-order valence-corrected chi connectivity index (χ2v) is 5.51. The van der Waals surface area contributed by atoms with Gasteiger partial charge in [-0.25, -0.2) is 4.98 Å². The van der Waals surface area contributed by atoms with Gasteiger partial charge in [0.2, 0.25) is 0 Å². The molecule has 1 aromatic heterocycles. The Kier molecular flexibility index (Phi) is 3.52. The van der Waals surface area contributed by atoms with E-state index in [0.29, 0.717) is 0 Å². The van der Waals surface area contributed by atoms with Crippen molar-refractivity contribution in [2.45, 2.75) is 6.42 Å². The average molecular weight is 281 g/mol. The Hall–Kier alpha value is -2.13. The second-order valence-electron chi connectivity index (χ2n) is 4.48. The van der Waals surface area contributed by atoms with Crippen LogP contribution in [0.4, 0.5) is 0 Å². The number of methoxy groups -OCH3 is 1. The summed E-state index contributed by atoms with van der Waals surface area (Å²) < 4.78 is 6.79. The second kappa shape index (κ2) is 5.47. The molecule has 0 aliphatic carbocycles. The van der Waals surface area contributed by atoms with Crippen LogP contribution in [0.3, 0.4) is 0 Å². The first-order chi connectivity index (χ1) is 9.83. The minimum Gasteiger partial charge on any atom is -0.496 e. The van der Waals surface area contributed by atoms with Gasteiger partial charge in [-0.1, -0.05) is 30.3 Å². The molecule has 2 aromatic carbocycles. The number of nitrogens with zero attached hydrogens (tertiary/aromatic N) is 1. The minimum absolute atomic E-state index is 0.794. The highest BCUT2D eigenvalue weighted by molar-refractivity contribution is 7.21. The van der Waals surface area contributed by atoms with E-state index >= 15 is 0 Å². The van der Waals surface area contributed by atoms with Crippen molar-refractivity contribution in [3.8, 4) is 16.3 Å². The first-order valence-electron chi connectivity index (χ1n) is 6.46. The molecule has 0 saturated heterocycles. The van der Waals surface area contributed by atoms with Gasteiger partial charge in [-0.3, -0.25) is 0 Å². The van der Waals surface area contributed by atoms with Gasteiger partial charge in [0, 0.05) is 0 Å². The number of hydrogen-bond donors (Lipinski definition) is 0. The van der Waals surface area contributed by atoms with Crippen LogP contribution in [-0.4, -0.2) is 12.1 Å². The molecular weight excluding hydrogens is 266 g/mol. The molecule has 0 aliphatic rings. The van der Waals surface area contributed by atoms with Crippen LogP contribution in [0.5, 0.6) is 5.75 Å². The van der Waals surface area contributed by atoms with Crippen LogP contribution in [0.1, 0.15) is 5.56 Å². The highest BCUT2D eigenvalue weighted by atomic mass is 32.1. The lowest BCUT2D eigenvalue weighted by Crippen LogP contribution is -1.93. The fraction of sp³-hybridized carbons (Fsp3) is 0.118. The van der Waals surface area contributed by atoms with Gasteiger partial charge in [0.15, 0.2) is 0 Å². The van der Waals surface area contributed by atoms with E-state index in [-0.39, 0.29) is 0 Å². The standard InChI is InChI=1S/C17H15NOS/c1-3-7-12-8-6-9-13(16(12)19-2)17-18-14-10-4-5-11-15(14)20-17/h3-6,8-11H,1,7H2,2H3. The van der Waals surface area contributed by atoms with Crippen molar-refractivity contribution in [1.82, 2.24) is 4.98 Å². The summed E-state index contributed by atoms with van der Waals surface area (Å²) in [5.74, 6) is 0.895. The largest absolute Gasteiger partial charge is 0.496 e. The highest BCUT2D eigenvalue weighted by Gasteiger charge is 2.13. The summed E-state index contributed by atoms with van der Waals surface area (Å²) in [6.07, 6.45) is 2.68. The van der Waals surface area contributed by atoms with E-state index in [1.54, 1.807) is 18.4 Å². The number of aromatic nitrogens is 1. The maximum Gasteiger partial charge on any atom is 0.132 e. The van der Waals surface area contributed by atoms with Crippen LogP contribution in [0.15, 0.2) is 55.1 Å². The monoisotopic (exact) mass is 281 g/mol. The summed E-state index contributed by atoms with van der Waals surface area (Å²) in [6.45, 7) is 3.80. The third kappa shape index (κ3) is 2.21. The predicted octanol–water partition coefficient (Wildman–Crippen LogP) is 4.70. The molecule has 0 bridgehead atoms. The number of hydrogen-bond acceptors (Lipinski definition) is 3. The zero-order chi connectivity index (χ0) is 13.9. The van der Waals surface area contributed by atoms with Crippen molar-refractivity contribution in [2.75, 3.05) is 7.11 Å². The van der Waals surface area contributed by atoms with E-state index in [1.165, 1.54) is 4.70 Å². The third-order valence-corrected chi connectivity index (χ3v) is 4.26. The Morgan fingerprint density at radius 3 is 2.80 bits per heavy atom. The van der Waals surface area contributed by atoms with E-state index in [2.05, 4.69) is 24.8 Å². The number of ether oxygens (including phenoxy) is 1. The predicted molar refractivity (Wildman–Crippen MR) is 85.5 cm³/mol. The van der Waals surface area contributed by atoms with E-state index in [4.69, 9.17) is 9.72 Å². The number of benzene rings is 2. The molecule has 20 heavy (non-hydrogen) atoms. The molecule has 0 saturated carbocycles. The van der Waals surface area contributed by atoms with Crippen molar-refractivity contribution >= 4 is 21.6 Å². The van der Waals surface area contributed by atoms with Crippen molar-refractivity contribution in [2.24, 2.45) is 0 Å². The van der Waals surface area contributed by atoms with E-state index in [1.807, 2.05) is 30.3 Å². The molecule has 0 unspecified atom stereocenters. The van der Waals surface area contributed by atoms with Crippen molar-refractivity contribution in [3.05, 3.63) is 60.7 Å². The first-order valence-corrected chi connectivity index (χ1v) is 7.28. The Morgan fingerprint density at radius 2 is 2.05 bits per heavy atom. The Balaban J connectivity index is 2.17. The average Bonchev–Trinajstić information content (AvgIpc) is 2.91. The Labute approximate surface area is 122 Å². The highest BCUT2D eigenvalue weighted by Crippen LogP contribution is 2.37. The fourth-order valence-corrected chi connectivity index (χ4v) is 3.29. The van der Waals surface area contributed by atoms with Gasteiger partial charge < -0.3 is 4.74 Å². The summed E-state index contributed by atoms with van der Waals surface area (Å²) in [7, 11) is 1.71. The maximum atomic E-state index is 5.60. The molecule has 0 atom stereocenters. The summed E-state index contributed by atoms with van der Waals surface area (Å²) in [6, 6.07) is 14.3. The molecule has 2 nitrogen and oxygen atoms in total. The molecule has 0 radical (unpaired) electrons. The number of fused-ring (bicyclic) bond motifs is 1. The molecule has 0 spiro atoms. The molecular formula is C17H15NOS. The number of para-hydroxylation sites is 2. The van der Waals surface area contributed by atoms with Gasteiger partial charge in [0.1, 0.15) is 10.8 Å². The maximum absolute atomic E-state index is 5.60. The van der Waals surface area contributed by atoms with Crippen molar-refractivity contribution in [1.29, 1.82) is 0 Å². The van der Waals surface area contributed by atoms with Gasteiger partial charge in [-0.2, -0.15) is 0 Å². The van der Waals surface area contributed by atoms with Crippen LogP contribution in [0.25, 0.3) is 20.8 Å². The quantitative estimate of drug-likeness (QED) is 0.647. The molecule has 0 aliphatic heterocycles. The summed E-state index contributed by atoms with van der Waals surface area (Å²) in [5.41, 5.74) is 3.22. The lowest BCUT2D eigenvalue weighted by Gasteiger charge is -2.10. The fourth-order valence-electron chi connectivity index (χ4n) is 2.30. The zero-order valence-corrected chi connectivity index (χ0v) is 12.1. The van der Waals surface area contributed by atoms with Crippen LogP contribution in [0, 0.1) is 0 Å². The van der Waals surface area contributed by atoms with Gasteiger partial charge in [0.05, 0.1) is 22.9 Å². The smallest absolute Gasteiger partial charge is 0.132 e. The van der Waals surface area contributed by atoms with Crippen molar-refractivity contribution in [3.63, 3.8) is 0 Å². The molecule has 100 valence electrons. The Morgan fingerprint density at radius 1 is 1.20 bits per heavy atom. The number of rotatable bonds is 4. The summed E-state index contributed by atoms with van der Waals surface area (Å²) in [4.78, 5) is 4.71. The first kappa shape index (κ1) is 12.9. The van der Waals surface area contributed by atoms with Crippen LogP contribution in [-0.2, 0) is 6.42 Å². The van der Waals surface area contributed by atoms with E-state index in [0.717, 1.165) is 33.8 Å². The summed E-state index contributed by atoms with van der Waals surface area (Å²) in [5, 5.41) is 0.994. The minimum atomic E-state index is 0.794. The molecule has 0 amide bonds. The molecule has 0 N–H and O–H groups in total. The Bertz CT molecular complexity index is 728. The molecule has 0 fully saturated rings. The van der Waals surface area contributed by atoms with Gasteiger partial charge in [0.25, 0.3) is 0 Å². The van der Waals surface area contributed by atoms with Crippen LogP contribution < -0.4 is 4.74 Å². The lowest BCUT2D eigenvalue weighted by molar-refractivity contribution is 0.412. The van der Waals surface area contributed by atoms with Crippen LogP contribution >= 0.6 is 11.3 Å². The normalized spacial score (nSPS) is 10.7. The third-order valence-electron chi connectivity index (χ3n) is 3.19. The molecule has 3 rings (SSSR count). The van der Waals surface area contributed by atoms with E-state index in [9.17, 15) is 0 Å². The van der Waals surface area contributed by atoms with Gasteiger partial charge in [-0.05, 0) is 30.2 Å². The lowest BCUT2D eigenvalue weighted by atomic mass is 10.1. The zero-order valence-electron chi connectivity index (χ0n) is 11.3. The SMILES string of the molecule is C=CCc1cccc(-c2nc3ccccc3s2)c1OC. The van der Waals surface area contributed by atoms with Crippen molar-refractivity contribution < 1.29 is 4.74 Å². The number of thiazole rings is 1. The number of allylic oxidation sites excluding steroid dienone is 1.